The number of benzene rings is 2. The number of nitrogens with zero attached hydrogens (tertiary/aromatic N) is 6. The van der Waals surface area contributed by atoms with E-state index in [1.165, 1.54) is 5.52 Å². The van der Waals surface area contributed by atoms with Crippen LogP contribution in [0.2, 0.25) is 0 Å². The molecular formula is C37H53N7O2. The molecule has 0 radical (unpaired) electrons. The first-order valence-corrected chi connectivity index (χ1v) is 17.0. The second-order valence-electron chi connectivity index (χ2n) is 13.6. The van der Waals surface area contributed by atoms with E-state index in [9.17, 15) is 9.59 Å². The lowest BCUT2D eigenvalue weighted by Gasteiger charge is -2.37. The number of carbonyl (C=O) groups excluding carboxylic acids is 2. The fourth-order valence-corrected chi connectivity index (χ4v) is 6.52. The van der Waals surface area contributed by atoms with E-state index in [0.29, 0.717) is 12.1 Å². The molecule has 0 unspecified atom stereocenters. The predicted octanol–water partition coefficient (Wildman–Crippen LogP) is 5.09. The van der Waals surface area contributed by atoms with Crippen LogP contribution >= 0.6 is 0 Å². The number of carbonyl (C=O) groups is 2. The van der Waals surface area contributed by atoms with Crippen LogP contribution in [-0.4, -0.2) is 131 Å². The van der Waals surface area contributed by atoms with E-state index in [-0.39, 0.29) is 11.8 Å². The molecule has 2 aromatic carbocycles. The zero-order valence-corrected chi connectivity index (χ0v) is 28.7. The molecule has 248 valence electrons. The van der Waals surface area contributed by atoms with Gasteiger partial charge in [-0.1, -0.05) is 0 Å². The molecule has 0 atom stereocenters. The first-order chi connectivity index (χ1) is 22.1. The molecule has 2 fully saturated rings. The Hall–Kier alpha value is -3.66. The first kappa shape index (κ1) is 33.7. The predicted molar refractivity (Wildman–Crippen MR) is 189 cm³/mol. The molecule has 0 aliphatic carbocycles. The minimum absolute atomic E-state index is 0.150. The van der Waals surface area contributed by atoms with Gasteiger partial charge in [0.1, 0.15) is 0 Å². The van der Waals surface area contributed by atoms with E-state index < -0.39 is 0 Å². The summed E-state index contributed by atoms with van der Waals surface area (Å²) in [5, 5.41) is 2.25. The Bertz CT molecular complexity index is 1590. The van der Waals surface area contributed by atoms with E-state index in [1.807, 2.05) is 46.3 Å². The molecule has 2 aliphatic rings. The first-order valence-electron chi connectivity index (χ1n) is 17.0. The number of amides is 2. The van der Waals surface area contributed by atoms with Gasteiger partial charge in [0.2, 0.25) is 0 Å². The van der Waals surface area contributed by atoms with Gasteiger partial charge in [0.05, 0.1) is 0 Å². The SMILES string of the molecule is CC(C)N1CCN(C(=O)c2ccc3[nH]ccc3c2)CC1.CC(C)N1CCN(C(=O)c2ccc3c(ccn3CCCN(C)C)c2)CC1. The summed E-state index contributed by atoms with van der Waals surface area (Å²) in [6.45, 7) is 18.1. The Labute approximate surface area is 274 Å². The Morgan fingerprint density at radius 3 is 1.80 bits per heavy atom. The third kappa shape index (κ3) is 8.18. The van der Waals surface area contributed by atoms with E-state index in [1.54, 1.807) is 0 Å². The maximum absolute atomic E-state index is 12.9. The van der Waals surface area contributed by atoms with Gasteiger partial charge in [0.25, 0.3) is 11.8 Å². The van der Waals surface area contributed by atoms with Crippen molar-refractivity contribution in [2.24, 2.45) is 0 Å². The maximum Gasteiger partial charge on any atom is 0.253 e. The van der Waals surface area contributed by atoms with Crippen molar-refractivity contribution >= 4 is 33.6 Å². The lowest BCUT2D eigenvalue weighted by molar-refractivity contribution is 0.0590. The molecule has 6 rings (SSSR count). The van der Waals surface area contributed by atoms with Gasteiger partial charge in [0, 0.05) is 116 Å². The molecular weight excluding hydrogens is 574 g/mol. The standard InChI is InChI=1S/C21H32N4O.C16H21N3O/c1-17(2)23-12-14-25(15-13-23)21(26)19-6-7-20-18(16-19)8-11-24(20)10-5-9-22(3)4;1-12(2)18-7-9-19(10-8-18)16(20)14-3-4-15-13(11-14)5-6-17-15/h6-8,11,16-17H,5,9-10,12-15H2,1-4H3;3-6,11-12,17H,7-10H2,1-2H3. The summed E-state index contributed by atoms with van der Waals surface area (Å²) in [7, 11) is 4.21. The number of H-pyrrole nitrogens is 1. The lowest BCUT2D eigenvalue weighted by atomic mass is 10.1. The van der Waals surface area contributed by atoms with Crippen molar-refractivity contribution in [3.05, 3.63) is 72.1 Å². The molecule has 2 saturated heterocycles. The van der Waals surface area contributed by atoms with Crippen molar-refractivity contribution < 1.29 is 9.59 Å². The molecule has 9 nitrogen and oxygen atoms in total. The molecule has 2 aliphatic heterocycles. The molecule has 9 heteroatoms. The highest BCUT2D eigenvalue weighted by Crippen LogP contribution is 2.21. The average molecular weight is 628 g/mol. The van der Waals surface area contributed by atoms with Crippen LogP contribution < -0.4 is 0 Å². The van der Waals surface area contributed by atoms with Gasteiger partial charge in [0.15, 0.2) is 0 Å². The number of hydrogen-bond donors (Lipinski definition) is 1. The summed E-state index contributed by atoms with van der Waals surface area (Å²) in [5.74, 6) is 0.312. The fourth-order valence-electron chi connectivity index (χ4n) is 6.52. The molecule has 1 N–H and O–H groups in total. The number of aromatic amines is 1. The quantitative estimate of drug-likeness (QED) is 0.295. The average Bonchev–Trinajstić information content (AvgIpc) is 3.70. The molecule has 2 amide bonds. The van der Waals surface area contributed by atoms with Crippen molar-refractivity contribution in [3.8, 4) is 0 Å². The third-order valence-corrected chi connectivity index (χ3v) is 9.49. The third-order valence-electron chi connectivity index (χ3n) is 9.49. The molecule has 0 spiro atoms. The zero-order valence-electron chi connectivity index (χ0n) is 28.7. The minimum Gasteiger partial charge on any atom is -0.361 e. The van der Waals surface area contributed by atoms with E-state index in [0.717, 1.165) is 99.3 Å². The second-order valence-corrected chi connectivity index (χ2v) is 13.6. The van der Waals surface area contributed by atoms with Crippen LogP contribution in [-0.2, 0) is 6.54 Å². The number of aromatic nitrogens is 2. The van der Waals surface area contributed by atoms with Gasteiger partial charge in [-0.2, -0.15) is 0 Å². The van der Waals surface area contributed by atoms with Crippen LogP contribution in [0.5, 0.6) is 0 Å². The molecule has 46 heavy (non-hydrogen) atoms. The van der Waals surface area contributed by atoms with Crippen molar-refractivity contribution in [2.45, 2.75) is 52.7 Å². The molecule has 4 heterocycles. The summed E-state index contributed by atoms with van der Waals surface area (Å²) in [6, 6.07) is 17.2. The highest BCUT2D eigenvalue weighted by Gasteiger charge is 2.24. The Kier molecular flexibility index (Phi) is 11.2. The number of nitrogens with one attached hydrogen (secondary N) is 1. The second kappa shape index (κ2) is 15.3. The normalized spacial score (nSPS) is 16.5. The van der Waals surface area contributed by atoms with Crippen LogP contribution in [0.15, 0.2) is 60.9 Å². The van der Waals surface area contributed by atoms with Gasteiger partial charge in [-0.25, -0.2) is 0 Å². The number of hydrogen-bond acceptors (Lipinski definition) is 5. The molecule has 4 aromatic rings. The summed E-state index contributed by atoms with van der Waals surface area (Å²) in [6.07, 6.45) is 5.16. The summed E-state index contributed by atoms with van der Waals surface area (Å²) in [4.78, 5) is 39.6. The van der Waals surface area contributed by atoms with Crippen molar-refractivity contribution in [1.29, 1.82) is 0 Å². The molecule has 2 aromatic heterocycles. The zero-order chi connectivity index (χ0) is 32.8. The largest absolute Gasteiger partial charge is 0.361 e. The van der Waals surface area contributed by atoms with Crippen molar-refractivity contribution in [2.75, 3.05) is 73.0 Å². The Morgan fingerprint density at radius 2 is 1.26 bits per heavy atom. The number of aryl methyl sites for hydroxylation is 1. The highest BCUT2D eigenvalue weighted by molar-refractivity contribution is 5.99. The molecule has 0 bridgehead atoms. The summed E-state index contributed by atoms with van der Waals surface area (Å²) < 4.78 is 2.29. The van der Waals surface area contributed by atoms with E-state index >= 15 is 0 Å². The highest BCUT2D eigenvalue weighted by atomic mass is 16.2. The molecule has 0 saturated carbocycles. The summed E-state index contributed by atoms with van der Waals surface area (Å²) in [5.41, 5.74) is 3.88. The van der Waals surface area contributed by atoms with Gasteiger partial charge < -0.3 is 24.3 Å². The van der Waals surface area contributed by atoms with Crippen LogP contribution in [0.1, 0.15) is 54.8 Å². The van der Waals surface area contributed by atoms with Crippen LogP contribution in [0.3, 0.4) is 0 Å². The fraction of sp³-hybridized carbons (Fsp3) is 0.514. The van der Waals surface area contributed by atoms with Crippen molar-refractivity contribution in [1.82, 2.24) is 34.1 Å². The Balaban J connectivity index is 0.000000187. The van der Waals surface area contributed by atoms with Crippen LogP contribution in [0, 0.1) is 0 Å². The lowest BCUT2D eigenvalue weighted by Crippen LogP contribution is -2.50. The summed E-state index contributed by atoms with van der Waals surface area (Å²) >= 11 is 0. The van der Waals surface area contributed by atoms with Crippen LogP contribution in [0.4, 0.5) is 0 Å². The van der Waals surface area contributed by atoms with E-state index in [4.69, 9.17) is 0 Å². The van der Waals surface area contributed by atoms with Crippen molar-refractivity contribution in [3.63, 3.8) is 0 Å². The monoisotopic (exact) mass is 627 g/mol. The van der Waals surface area contributed by atoms with Gasteiger partial charge in [-0.15, -0.1) is 0 Å². The maximum atomic E-state index is 12.9. The van der Waals surface area contributed by atoms with E-state index in [2.05, 4.69) is 90.4 Å². The topological polar surface area (TPSA) is 71.1 Å². The number of rotatable bonds is 8. The minimum atomic E-state index is 0.150. The van der Waals surface area contributed by atoms with Gasteiger partial charge >= 0.3 is 0 Å². The van der Waals surface area contributed by atoms with Gasteiger partial charge in [-0.3, -0.25) is 19.4 Å². The van der Waals surface area contributed by atoms with Crippen LogP contribution in [0.25, 0.3) is 21.8 Å². The Morgan fingerprint density at radius 1 is 0.717 bits per heavy atom. The number of fused-ring (bicyclic) bond motifs is 2. The smallest absolute Gasteiger partial charge is 0.253 e. The number of piperazine rings is 2. The van der Waals surface area contributed by atoms with Gasteiger partial charge in [-0.05, 0) is 103 Å².